The van der Waals surface area contributed by atoms with Crippen molar-refractivity contribution in [2.24, 2.45) is 0 Å². The van der Waals surface area contributed by atoms with E-state index in [0.717, 1.165) is 5.56 Å². The van der Waals surface area contributed by atoms with E-state index in [1.54, 1.807) is 30.3 Å². The minimum absolute atomic E-state index is 0.121. The van der Waals surface area contributed by atoms with Crippen molar-refractivity contribution in [3.63, 3.8) is 0 Å². The molecule has 166 valence electrons. The van der Waals surface area contributed by atoms with E-state index in [2.05, 4.69) is 0 Å². The zero-order valence-electron chi connectivity index (χ0n) is 17.6. The minimum Gasteiger partial charge on any atom is -0.489 e. The number of aromatic nitrogens is 1. The van der Waals surface area contributed by atoms with Crippen LogP contribution in [-0.2, 0) is 10.0 Å². The number of benzene rings is 3. The molecule has 8 heteroatoms. The fourth-order valence-electron chi connectivity index (χ4n) is 3.49. The summed E-state index contributed by atoms with van der Waals surface area (Å²) in [6.07, 6.45) is 0. The van der Waals surface area contributed by atoms with Gasteiger partial charge >= 0.3 is 0 Å². The summed E-state index contributed by atoms with van der Waals surface area (Å²) < 4.78 is 35.3. The normalized spacial score (nSPS) is 11.9. The van der Waals surface area contributed by atoms with E-state index in [-0.39, 0.29) is 4.90 Å². The van der Waals surface area contributed by atoms with Gasteiger partial charge in [0.2, 0.25) is 0 Å². The third kappa shape index (κ3) is 4.36. The Balaban J connectivity index is 2.04. The molecule has 0 saturated heterocycles. The van der Waals surface area contributed by atoms with E-state index in [1.165, 1.54) is 16.1 Å². The lowest BCUT2D eigenvalue weighted by Crippen LogP contribution is -2.19. The van der Waals surface area contributed by atoms with Crippen LogP contribution in [0.3, 0.4) is 0 Å². The number of rotatable bonds is 7. The molecule has 0 atom stereocenters. The Morgan fingerprint density at radius 2 is 1.56 bits per heavy atom. The fraction of sp³-hybridized carbons (Fsp3) is 0.167. The predicted molar refractivity (Wildman–Crippen MR) is 130 cm³/mol. The third-order valence-electron chi connectivity index (χ3n) is 5.03. The minimum atomic E-state index is -3.99. The van der Waals surface area contributed by atoms with Crippen LogP contribution in [0.5, 0.6) is 5.75 Å². The number of halogens is 2. The molecule has 1 aromatic heterocycles. The summed E-state index contributed by atoms with van der Waals surface area (Å²) in [7, 11) is -0.0817. The molecule has 0 fully saturated rings. The molecule has 0 spiro atoms. The number of hydrogen-bond acceptors (Lipinski definition) is 4. The number of hydrogen-bond donors (Lipinski definition) is 0. The Kier molecular flexibility index (Phi) is 6.49. The van der Waals surface area contributed by atoms with E-state index in [0.29, 0.717) is 45.5 Å². The van der Waals surface area contributed by atoms with Gasteiger partial charge in [0.05, 0.1) is 10.4 Å². The Morgan fingerprint density at radius 3 is 2.22 bits per heavy atom. The molecule has 0 saturated carbocycles. The van der Waals surface area contributed by atoms with Crippen LogP contribution in [-0.4, -0.2) is 44.5 Å². The highest BCUT2D eigenvalue weighted by Crippen LogP contribution is 2.43. The number of fused-ring (bicyclic) bond motifs is 1. The SMILES string of the molecule is CN(C)CCOc1c(-c2ccccc2)n(S(=O)(=O)c2ccc(Cl)cc2)c2cc(Cl)ccc12. The smallest absolute Gasteiger partial charge is 0.268 e. The van der Waals surface area contributed by atoms with E-state index in [4.69, 9.17) is 27.9 Å². The van der Waals surface area contributed by atoms with Crippen LogP contribution in [0.15, 0.2) is 77.7 Å². The zero-order valence-corrected chi connectivity index (χ0v) is 20.0. The monoisotopic (exact) mass is 488 g/mol. The van der Waals surface area contributed by atoms with Crippen molar-refractivity contribution in [1.29, 1.82) is 0 Å². The molecule has 0 aliphatic rings. The third-order valence-corrected chi connectivity index (χ3v) is 7.24. The molecule has 0 radical (unpaired) electrons. The summed E-state index contributed by atoms with van der Waals surface area (Å²) >= 11 is 12.3. The van der Waals surface area contributed by atoms with Gasteiger partial charge in [-0.15, -0.1) is 0 Å². The lowest BCUT2D eigenvalue weighted by Gasteiger charge is -2.15. The fourth-order valence-corrected chi connectivity index (χ4v) is 5.31. The number of likely N-dealkylation sites (N-methyl/N-ethyl adjacent to an activating group) is 1. The van der Waals surface area contributed by atoms with E-state index < -0.39 is 10.0 Å². The summed E-state index contributed by atoms with van der Waals surface area (Å²) in [4.78, 5) is 2.12. The van der Waals surface area contributed by atoms with Crippen molar-refractivity contribution in [3.8, 4) is 17.0 Å². The molecular formula is C24H22Cl2N2O3S. The molecule has 3 aromatic carbocycles. The molecule has 0 N–H and O–H groups in total. The van der Waals surface area contributed by atoms with Gasteiger partial charge in [-0.05, 0) is 56.6 Å². The molecule has 32 heavy (non-hydrogen) atoms. The lowest BCUT2D eigenvalue weighted by molar-refractivity contribution is 0.264. The van der Waals surface area contributed by atoms with Crippen LogP contribution < -0.4 is 4.74 Å². The average Bonchev–Trinajstić information content (AvgIpc) is 3.08. The molecular weight excluding hydrogens is 467 g/mol. The van der Waals surface area contributed by atoms with Gasteiger partial charge in [-0.2, -0.15) is 0 Å². The molecule has 0 aliphatic heterocycles. The average molecular weight is 489 g/mol. The maximum Gasteiger partial charge on any atom is 0.268 e. The van der Waals surface area contributed by atoms with Crippen LogP contribution in [0.2, 0.25) is 10.0 Å². The highest BCUT2D eigenvalue weighted by molar-refractivity contribution is 7.90. The molecule has 0 amide bonds. The van der Waals surface area contributed by atoms with Crippen LogP contribution in [0, 0.1) is 0 Å². The number of nitrogens with zero attached hydrogens (tertiary/aromatic N) is 2. The summed E-state index contributed by atoms with van der Waals surface area (Å²) in [6, 6.07) is 20.6. The quantitative estimate of drug-likeness (QED) is 0.330. The van der Waals surface area contributed by atoms with Gasteiger partial charge < -0.3 is 9.64 Å². The van der Waals surface area contributed by atoms with Gasteiger partial charge in [-0.25, -0.2) is 12.4 Å². The first-order valence-corrected chi connectivity index (χ1v) is 12.2. The van der Waals surface area contributed by atoms with Crippen molar-refractivity contribution in [2.75, 3.05) is 27.2 Å². The van der Waals surface area contributed by atoms with Crippen molar-refractivity contribution in [1.82, 2.24) is 8.87 Å². The number of ether oxygens (including phenoxy) is 1. The Labute approximate surface area is 197 Å². The van der Waals surface area contributed by atoms with Crippen LogP contribution in [0.1, 0.15) is 0 Å². The molecule has 0 unspecified atom stereocenters. The molecule has 4 aromatic rings. The van der Waals surface area contributed by atoms with Gasteiger partial charge in [-0.1, -0.05) is 53.5 Å². The van der Waals surface area contributed by atoms with Crippen LogP contribution >= 0.6 is 23.2 Å². The highest BCUT2D eigenvalue weighted by Gasteiger charge is 2.29. The van der Waals surface area contributed by atoms with Crippen molar-refractivity contribution >= 4 is 44.1 Å². The first-order valence-electron chi connectivity index (χ1n) is 9.97. The summed E-state index contributed by atoms with van der Waals surface area (Å²) in [5, 5.41) is 1.56. The molecule has 0 bridgehead atoms. The van der Waals surface area contributed by atoms with Gasteiger partial charge in [0.25, 0.3) is 10.0 Å². The largest absolute Gasteiger partial charge is 0.489 e. The second-order valence-corrected chi connectivity index (χ2v) is 10.2. The molecule has 5 nitrogen and oxygen atoms in total. The second kappa shape index (κ2) is 9.16. The van der Waals surface area contributed by atoms with Crippen molar-refractivity contribution in [3.05, 3.63) is 82.8 Å². The topological polar surface area (TPSA) is 51.5 Å². The van der Waals surface area contributed by atoms with Crippen LogP contribution in [0.25, 0.3) is 22.2 Å². The predicted octanol–water partition coefficient (Wildman–Crippen LogP) is 5.79. The first kappa shape index (κ1) is 22.7. The summed E-state index contributed by atoms with van der Waals surface area (Å²) in [6.45, 7) is 1.08. The highest BCUT2D eigenvalue weighted by atomic mass is 35.5. The van der Waals surface area contributed by atoms with Crippen LogP contribution in [0.4, 0.5) is 0 Å². The summed E-state index contributed by atoms with van der Waals surface area (Å²) in [5.41, 5.74) is 1.62. The standard InChI is InChI=1S/C24H22Cl2N2O3S/c1-27(2)14-15-31-24-21-13-10-19(26)16-22(21)28(23(24)17-6-4-3-5-7-17)32(29,30)20-11-8-18(25)9-12-20/h3-13,16H,14-15H2,1-2H3. The molecule has 1 heterocycles. The Bertz CT molecular complexity index is 1350. The first-order chi connectivity index (χ1) is 15.3. The zero-order chi connectivity index (χ0) is 22.9. The molecule has 0 aliphatic carbocycles. The summed E-state index contributed by atoms with van der Waals surface area (Å²) in [5.74, 6) is 0.502. The maximum atomic E-state index is 13.9. The Hall–Kier alpha value is -2.51. The van der Waals surface area contributed by atoms with Gasteiger partial charge in [0.15, 0.2) is 5.75 Å². The maximum absolute atomic E-state index is 13.9. The van der Waals surface area contributed by atoms with Gasteiger partial charge in [0, 0.05) is 27.5 Å². The lowest BCUT2D eigenvalue weighted by atomic mass is 10.1. The van der Waals surface area contributed by atoms with E-state index in [1.807, 2.05) is 49.3 Å². The van der Waals surface area contributed by atoms with Crippen molar-refractivity contribution in [2.45, 2.75) is 4.90 Å². The van der Waals surface area contributed by atoms with Gasteiger partial charge in [-0.3, -0.25) is 0 Å². The Morgan fingerprint density at radius 1 is 0.906 bits per heavy atom. The van der Waals surface area contributed by atoms with E-state index >= 15 is 0 Å². The van der Waals surface area contributed by atoms with E-state index in [9.17, 15) is 8.42 Å². The molecule has 4 rings (SSSR count). The second-order valence-electron chi connectivity index (χ2n) is 7.58. The van der Waals surface area contributed by atoms with Gasteiger partial charge in [0.1, 0.15) is 12.3 Å². The van der Waals surface area contributed by atoms with Crippen molar-refractivity contribution < 1.29 is 13.2 Å².